The lowest BCUT2D eigenvalue weighted by Gasteiger charge is -2.06. The Morgan fingerprint density at radius 3 is 2.68 bits per heavy atom. The maximum Gasteiger partial charge on any atom is 0.200 e. The molecule has 0 aliphatic heterocycles. The van der Waals surface area contributed by atoms with E-state index in [4.69, 9.17) is 8.83 Å². The summed E-state index contributed by atoms with van der Waals surface area (Å²) >= 11 is 0. The molecule has 0 amide bonds. The van der Waals surface area contributed by atoms with Crippen LogP contribution in [0.1, 0.15) is 5.56 Å². The molecule has 19 heavy (non-hydrogen) atoms. The maximum absolute atomic E-state index is 12.2. The SMILES string of the molecule is Cc1c(-c2ccco2)oc2cc(O)cc(O)c2c1=O. The van der Waals surface area contributed by atoms with E-state index in [0.29, 0.717) is 11.3 Å². The third-order valence-electron chi connectivity index (χ3n) is 2.93. The molecule has 0 saturated carbocycles. The largest absolute Gasteiger partial charge is 0.508 e. The quantitative estimate of drug-likeness (QED) is 0.701. The molecule has 0 aliphatic rings. The van der Waals surface area contributed by atoms with Crippen molar-refractivity contribution in [1.82, 2.24) is 0 Å². The van der Waals surface area contributed by atoms with E-state index in [0.717, 1.165) is 6.07 Å². The predicted octanol–water partition coefficient (Wildman–Crippen LogP) is 2.77. The van der Waals surface area contributed by atoms with Crippen molar-refractivity contribution in [3.05, 3.63) is 46.3 Å². The normalized spacial score (nSPS) is 11.0. The standard InChI is InChI=1S/C14H10O5/c1-7-13(17)12-9(16)5-8(15)6-11(12)19-14(7)10-3-2-4-18-10/h2-6,15-16H,1H3. The second-order valence-electron chi connectivity index (χ2n) is 4.20. The van der Waals surface area contributed by atoms with Gasteiger partial charge in [-0.05, 0) is 19.1 Å². The predicted molar refractivity (Wildman–Crippen MR) is 68.3 cm³/mol. The number of phenolic OH excluding ortho intramolecular Hbond substituents is 2. The van der Waals surface area contributed by atoms with Gasteiger partial charge in [-0.15, -0.1) is 0 Å². The van der Waals surface area contributed by atoms with Crippen molar-refractivity contribution in [3.63, 3.8) is 0 Å². The van der Waals surface area contributed by atoms with Crippen LogP contribution in [0.3, 0.4) is 0 Å². The monoisotopic (exact) mass is 258 g/mol. The molecule has 0 bridgehead atoms. The Bertz CT molecular complexity index is 812. The van der Waals surface area contributed by atoms with Gasteiger partial charge >= 0.3 is 0 Å². The second kappa shape index (κ2) is 3.91. The Morgan fingerprint density at radius 1 is 1.21 bits per heavy atom. The molecular formula is C14H10O5. The van der Waals surface area contributed by atoms with Crippen LogP contribution in [-0.4, -0.2) is 10.2 Å². The van der Waals surface area contributed by atoms with E-state index < -0.39 is 0 Å². The van der Waals surface area contributed by atoms with Gasteiger partial charge in [0.15, 0.2) is 16.9 Å². The van der Waals surface area contributed by atoms with E-state index in [9.17, 15) is 15.0 Å². The van der Waals surface area contributed by atoms with Gasteiger partial charge in [-0.25, -0.2) is 0 Å². The smallest absolute Gasteiger partial charge is 0.200 e. The first-order chi connectivity index (χ1) is 9.08. The molecule has 0 fully saturated rings. The number of hydrogen-bond acceptors (Lipinski definition) is 5. The van der Waals surface area contributed by atoms with Gasteiger partial charge in [0.05, 0.1) is 6.26 Å². The molecule has 1 aromatic carbocycles. The molecule has 0 unspecified atom stereocenters. The van der Waals surface area contributed by atoms with Crippen LogP contribution in [0.5, 0.6) is 11.5 Å². The zero-order valence-electron chi connectivity index (χ0n) is 10.0. The Kier molecular flexibility index (Phi) is 2.35. The molecule has 5 heteroatoms. The number of fused-ring (bicyclic) bond motifs is 1. The molecule has 0 radical (unpaired) electrons. The minimum Gasteiger partial charge on any atom is -0.508 e. The number of aromatic hydroxyl groups is 2. The van der Waals surface area contributed by atoms with Gasteiger partial charge < -0.3 is 19.0 Å². The summed E-state index contributed by atoms with van der Waals surface area (Å²) < 4.78 is 10.8. The van der Waals surface area contributed by atoms with Gasteiger partial charge in [0.1, 0.15) is 22.5 Å². The highest BCUT2D eigenvalue weighted by atomic mass is 16.4. The lowest BCUT2D eigenvalue weighted by atomic mass is 10.1. The highest BCUT2D eigenvalue weighted by Crippen LogP contribution is 2.32. The second-order valence-corrected chi connectivity index (χ2v) is 4.20. The van der Waals surface area contributed by atoms with Crippen LogP contribution in [0.15, 0.2) is 44.2 Å². The summed E-state index contributed by atoms with van der Waals surface area (Å²) in [6.45, 7) is 1.59. The van der Waals surface area contributed by atoms with E-state index in [2.05, 4.69) is 0 Å². The Morgan fingerprint density at radius 2 is 2.00 bits per heavy atom. The number of furan rings is 1. The summed E-state index contributed by atoms with van der Waals surface area (Å²) in [5, 5.41) is 19.2. The van der Waals surface area contributed by atoms with Crippen LogP contribution < -0.4 is 5.43 Å². The summed E-state index contributed by atoms with van der Waals surface area (Å²) in [6, 6.07) is 5.73. The molecule has 5 nitrogen and oxygen atoms in total. The summed E-state index contributed by atoms with van der Waals surface area (Å²) in [6.07, 6.45) is 1.47. The minimum absolute atomic E-state index is 0.0469. The zero-order valence-corrected chi connectivity index (χ0v) is 10.0. The molecule has 2 aromatic heterocycles. The van der Waals surface area contributed by atoms with E-state index in [1.807, 2.05) is 0 Å². The fourth-order valence-electron chi connectivity index (χ4n) is 2.02. The summed E-state index contributed by atoms with van der Waals surface area (Å²) in [7, 11) is 0. The Labute approximate surface area is 107 Å². The zero-order chi connectivity index (χ0) is 13.6. The fraction of sp³-hybridized carbons (Fsp3) is 0.0714. The molecule has 0 atom stereocenters. The van der Waals surface area contributed by atoms with Gasteiger partial charge in [0.25, 0.3) is 0 Å². The molecule has 3 rings (SSSR count). The van der Waals surface area contributed by atoms with Crippen LogP contribution >= 0.6 is 0 Å². The first-order valence-corrected chi connectivity index (χ1v) is 5.61. The van der Waals surface area contributed by atoms with Crippen LogP contribution in [0.2, 0.25) is 0 Å². The average molecular weight is 258 g/mol. The van der Waals surface area contributed by atoms with Crippen LogP contribution in [0.4, 0.5) is 0 Å². The van der Waals surface area contributed by atoms with Gasteiger partial charge in [-0.2, -0.15) is 0 Å². The molecule has 0 saturated heterocycles. The van der Waals surface area contributed by atoms with Crippen LogP contribution in [0, 0.1) is 6.92 Å². The molecule has 3 aromatic rings. The number of benzene rings is 1. The van der Waals surface area contributed by atoms with Crippen LogP contribution in [0.25, 0.3) is 22.5 Å². The minimum atomic E-state index is -0.356. The Balaban J connectivity index is 2.45. The molecular weight excluding hydrogens is 248 g/mol. The maximum atomic E-state index is 12.2. The molecule has 0 aliphatic carbocycles. The van der Waals surface area contributed by atoms with Crippen molar-refractivity contribution >= 4 is 11.0 Å². The Hall–Kier alpha value is -2.69. The van der Waals surface area contributed by atoms with Crippen molar-refractivity contribution in [2.45, 2.75) is 6.92 Å². The first kappa shape index (κ1) is 11.4. The summed E-state index contributed by atoms with van der Waals surface area (Å²) in [5.74, 6) is 0.215. The third kappa shape index (κ3) is 1.67. The van der Waals surface area contributed by atoms with Crippen molar-refractivity contribution in [3.8, 4) is 23.0 Å². The van der Waals surface area contributed by atoms with E-state index in [1.54, 1.807) is 19.1 Å². The van der Waals surface area contributed by atoms with Gasteiger partial charge in [-0.1, -0.05) is 0 Å². The molecule has 96 valence electrons. The van der Waals surface area contributed by atoms with E-state index >= 15 is 0 Å². The average Bonchev–Trinajstić information content (AvgIpc) is 2.86. The summed E-state index contributed by atoms with van der Waals surface area (Å²) in [5.41, 5.74) is 0.0908. The highest BCUT2D eigenvalue weighted by Gasteiger charge is 2.17. The van der Waals surface area contributed by atoms with E-state index in [1.165, 1.54) is 12.3 Å². The molecule has 2 heterocycles. The van der Waals surface area contributed by atoms with Gasteiger partial charge in [0.2, 0.25) is 0 Å². The van der Waals surface area contributed by atoms with Crippen molar-refractivity contribution in [2.75, 3.05) is 0 Å². The third-order valence-corrected chi connectivity index (χ3v) is 2.93. The summed E-state index contributed by atoms with van der Waals surface area (Å²) in [4.78, 5) is 12.2. The van der Waals surface area contributed by atoms with Gasteiger partial charge in [0, 0.05) is 17.7 Å². The fourth-order valence-corrected chi connectivity index (χ4v) is 2.02. The van der Waals surface area contributed by atoms with Crippen LogP contribution in [-0.2, 0) is 0 Å². The lowest BCUT2D eigenvalue weighted by Crippen LogP contribution is -2.07. The lowest BCUT2D eigenvalue weighted by molar-refractivity contribution is 0.451. The van der Waals surface area contributed by atoms with Crippen molar-refractivity contribution < 1.29 is 19.0 Å². The molecule has 0 spiro atoms. The van der Waals surface area contributed by atoms with E-state index in [-0.39, 0.29) is 33.7 Å². The van der Waals surface area contributed by atoms with Crippen molar-refractivity contribution in [1.29, 1.82) is 0 Å². The highest BCUT2D eigenvalue weighted by molar-refractivity contribution is 5.86. The topological polar surface area (TPSA) is 83.8 Å². The molecule has 2 N–H and O–H groups in total. The number of phenols is 2. The first-order valence-electron chi connectivity index (χ1n) is 5.61. The number of rotatable bonds is 1. The van der Waals surface area contributed by atoms with Gasteiger partial charge in [-0.3, -0.25) is 4.79 Å². The van der Waals surface area contributed by atoms with Crippen molar-refractivity contribution in [2.24, 2.45) is 0 Å². The number of hydrogen-bond donors (Lipinski definition) is 2.